The van der Waals surface area contributed by atoms with E-state index in [-0.39, 0.29) is 12.8 Å². The molecule has 0 spiro atoms. The van der Waals surface area contributed by atoms with Gasteiger partial charge >= 0.3 is 0 Å². The number of aliphatic hydroxyl groups excluding tert-OH is 9. The fraction of sp³-hybridized carbons (Fsp3) is 0.962. The first kappa shape index (κ1) is 64.5. The highest BCUT2D eigenvalue weighted by Crippen LogP contribution is 2.30. The van der Waals surface area contributed by atoms with Crippen LogP contribution in [0.1, 0.15) is 220 Å². The first-order valence-electron chi connectivity index (χ1n) is 27.9. The fourth-order valence-electron chi connectivity index (χ4n) is 9.62. The number of carbonyl (C=O) groups is 2. The molecule has 0 unspecified atom stereocenters. The molecule has 414 valence electrons. The third-order valence-electron chi connectivity index (χ3n) is 14.2. The summed E-state index contributed by atoms with van der Waals surface area (Å²) in [6.45, 7) is 3.53. The van der Waals surface area contributed by atoms with E-state index in [0.717, 1.165) is 58.3 Å². The van der Waals surface area contributed by atoms with Crippen molar-refractivity contribution < 1.29 is 74.5 Å². The molecule has 0 saturated carbocycles. The van der Waals surface area contributed by atoms with Gasteiger partial charge in [0.05, 0.1) is 32.0 Å². The Bertz CT molecular complexity index is 1290. The smallest absolute Gasteiger partial charge is 0.249 e. The fourth-order valence-corrected chi connectivity index (χ4v) is 9.62. The van der Waals surface area contributed by atoms with Gasteiger partial charge in [-0.05, 0) is 12.8 Å². The number of ether oxygens (including phenoxy) is 4. The van der Waals surface area contributed by atoms with Crippen molar-refractivity contribution in [3.05, 3.63) is 0 Å². The molecular formula is C53H102N2O15. The van der Waals surface area contributed by atoms with Crippen molar-refractivity contribution in [2.75, 3.05) is 19.8 Å². The van der Waals surface area contributed by atoms with Crippen molar-refractivity contribution in [1.29, 1.82) is 0 Å². The molecule has 11 N–H and O–H groups in total. The van der Waals surface area contributed by atoms with Gasteiger partial charge in [0.1, 0.15) is 61.0 Å². The van der Waals surface area contributed by atoms with Crippen molar-refractivity contribution in [2.45, 2.75) is 306 Å². The van der Waals surface area contributed by atoms with Gasteiger partial charge in [-0.2, -0.15) is 0 Å². The van der Waals surface area contributed by atoms with E-state index >= 15 is 0 Å². The number of hydrogen-bond acceptors (Lipinski definition) is 15. The molecule has 0 aromatic rings. The lowest BCUT2D eigenvalue weighted by atomic mass is 9.95. The van der Waals surface area contributed by atoms with Crippen LogP contribution in [0, 0.1) is 0 Å². The molecule has 0 aromatic heterocycles. The quantitative estimate of drug-likeness (QED) is 0.0338. The molecule has 0 radical (unpaired) electrons. The molecule has 2 aliphatic heterocycles. The van der Waals surface area contributed by atoms with Crippen LogP contribution in [0.3, 0.4) is 0 Å². The number of carbonyl (C=O) groups excluding carboxylic acids is 2. The average Bonchev–Trinajstić information content (AvgIpc) is 3.34. The van der Waals surface area contributed by atoms with Crippen LogP contribution in [0.25, 0.3) is 0 Å². The normalized spacial score (nSPS) is 26.7. The lowest BCUT2D eigenvalue weighted by molar-refractivity contribution is -0.348. The number of unbranched alkanes of at least 4 members (excludes halogenated alkanes) is 27. The molecule has 2 rings (SSSR count). The Labute approximate surface area is 421 Å². The molecule has 0 aromatic carbocycles. The number of amides is 2. The van der Waals surface area contributed by atoms with Crippen LogP contribution in [-0.2, 0) is 28.5 Å². The molecule has 0 aliphatic carbocycles. The Kier molecular flexibility index (Phi) is 36.7. The second-order valence-electron chi connectivity index (χ2n) is 20.4. The zero-order valence-corrected chi connectivity index (χ0v) is 43.6. The van der Waals surface area contributed by atoms with E-state index in [2.05, 4.69) is 24.5 Å². The molecule has 0 bridgehead atoms. The predicted molar refractivity (Wildman–Crippen MR) is 268 cm³/mol. The van der Waals surface area contributed by atoms with Crippen LogP contribution in [0.4, 0.5) is 0 Å². The van der Waals surface area contributed by atoms with E-state index in [1.807, 2.05) is 0 Å². The van der Waals surface area contributed by atoms with Gasteiger partial charge in [-0.1, -0.05) is 200 Å². The van der Waals surface area contributed by atoms with Gasteiger partial charge in [0.2, 0.25) is 11.8 Å². The Morgan fingerprint density at radius 2 is 0.929 bits per heavy atom. The summed E-state index contributed by atoms with van der Waals surface area (Å²) in [7, 11) is 0. The number of rotatable bonds is 43. The van der Waals surface area contributed by atoms with Crippen LogP contribution in [-0.4, -0.2) is 163 Å². The van der Waals surface area contributed by atoms with Gasteiger partial charge in [-0.15, -0.1) is 0 Å². The maximum Gasteiger partial charge on any atom is 0.249 e. The van der Waals surface area contributed by atoms with Gasteiger partial charge in [-0.25, -0.2) is 0 Å². The third kappa shape index (κ3) is 26.1. The molecule has 2 heterocycles. The van der Waals surface area contributed by atoms with E-state index in [1.54, 1.807) is 0 Å². The van der Waals surface area contributed by atoms with Gasteiger partial charge in [0, 0.05) is 6.92 Å². The van der Waals surface area contributed by atoms with Crippen LogP contribution in [0.5, 0.6) is 0 Å². The maximum atomic E-state index is 13.4. The van der Waals surface area contributed by atoms with Crippen LogP contribution in [0.2, 0.25) is 0 Å². The van der Waals surface area contributed by atoms with Crippen molar-refractivity contribution >= 4 is 11.8 Å². The highest BCUT2D eigenvalue weighted by Gasteiger charge is 2.51. The highest BCUT2D eigenvalue weighted by atomic mass is 16.7. The van der Waals surface area contributed by atoms with E-state index in [4.69, 9.17) is 18.9 Å². The Balaban J connectivity index is 1.96. The minimum atomic E-state index is -1.85. The lowest BCUT2D eigenvalue weighted by Gasteiger charge is -2.47. The second-order valence-corrected chi connectivity index (χ2v) is 20.4. The summed E-state index contributed by atoms with van der Waals surface area (Å²) in [4.78, 5) is 25.4. The van der Waals surface area contributed by atoms with Crippen LogP contribution >= 0.6 is 0 Å². The maximum absolute atomic E-state index is 13.4. The summed E-state index contributed by atoms with van der Waals surface area (Å²) in [5.41, 5.74) is 0. The van der Waals surface area contributed by atoms with Crippen molar-refractivity contribution in [2.24, 2.45) is 0 Å². The Morgan fingerprint density at radius 1 is 0.529 bits per heavy atom. The zero-order chi connectivity index (χ0) is 51.5. The van der Waals surface area contributed by atoms with E-state index in [0.29, 0.717) is 12.8 Å². The van der Waals surface area contributed by atoms with Gasteiger partial charge in [0.15, 0.2) is 12.6 Å². The Morgan fingerprint density at radius 3 is 1.36 bits per heavy atom. The van der Waals surface area contributed by atoms with E-state index in [9.17, 15) is 55.5 Å². The van der Waals surface area contributed by atoms with E-state index in [1.165, 1.54) is 122 Å². The van der Waals surface area contributed by atoms with Crippen molar-refractivity contribution in [1.82, 2.24) is 10.6 Å². The molecule has 2 saturated heterocycles. The first-order chi connectivity index (χ1) is 33.8. The standard InChI is InChI=1S/C53H102N2O15/c1-4-6-8-10-12-14-16-17-18-19-20-21-22-24-26-28-30-32-34-41(60)51(66)55-39(45(61)40(59)33-31-29-27-25-23-15-13-11-9-7-5-2)37-67-53-49(65)50(47(63)43(36-57)69-53)70-52-44(54-38(3)58)48(64)46(62)42(35-56)68-52/h39-50,52-53,56-57,59-65H,4-37H2,1-3H3,(H,54,58)(H,55,66)/t39-,40+,41+,42+,43+,44+,45-,46-,47-,48+,49+,50-,52+,53-/m0/s1. The lowest BCUT2D eigenvalue weighted by Crippen LogP contribution is -2.68. The summed E-state index contributed by atoms with van der Waals surface area (Å²) in [5, 5.41) is 102. The third-order valence-corrected chi connectivity index (χ3v) is 14.2. The second kappa shape index (κ2) is 39.8. The van der Waals surface area contributed by atoms with Gasteiger partial charge in [-0.3, -0.25) is 9.59 Å². The summed E-state index contributed by atoms with van der Waals surface area (Å²) in [6, 6.07) is -2.71. The molecule has 2 amide bonds. The summed E-state index contributed by atoms with van der Waals surface area (Å²) in [6.07, 6.45) is 15.7. The molecule has 14 atom stereocenters. The average molecular weight is 1010 g/mol. The number of hydrogen-bond donors (Lipinski definition) is 11. The first-order valence-corrected chi connectivity index (χ1v) is 27.9. The predicted octanol–water partition coefficient (Wildman–Crippen LogP) is 5.47. The summed E-state index contributed by atoms with van der Waals surface area (Å²) in [5.74, 6) is -1.40. The summed E-state index contributed by atoms with van der Waals surface area (Å²) < 4.78 is 23.1. The molecule has 17 heteroatoms. The topological polar surface area (TPSA) is 277 Å². The highest BCUT2D eigenvalue weighted by molar-refractivity contribution is 5.80. The van der Waals surface area contributed by atoms with Gasteiger partial charge in [0.25, 0.3) is 0 Å². The Hall–Kier alpha value is -1.58. The number of aliphatic hydroxyl groups is 9. The molecule has 2 aliphatic rings. The molecule has 17 nitrogen and oxygen atoms in total. The van der Waals surface area contributed by atoms with Crippen LogP contribution in [0.15, 0.2) is 0 Å². The SMILES string of the molecule is CCCCCCCCCCCCCCCCCCCC[C@@H](O)C(=O)N[C@@H](CO[C@H]1O[C@H](CO)[C@H](O)[C@H](O[C@H]2O[C@H](CO)[C@H](O)[C@H](O)[C@H]2NC(C)=O)[C@H]1O)[C@H](O)[C@H](O)CCCCCCCCCCCCC. The molecular weight excluding hydrogens is 905 g/mol. The largest absolute Gasteiger partial charge is 0.394 e. The minimum absolute atomic E-state index is 0.195. The monoisotopic (exact) mass is 1010 g/mol. The van der Waals surface area contributed by atoms with Crippen LogP contribution < -0.4 is 10.6 Å². The summed E-state index contributed by atoms with van der Waals surface area (Å²) >= 11 is 0. The minimum Gasteiger partial charge on any atom is -0.394 e. The zero-order valence-electron chi connectivity index (χ0n) is 43.6. The number of nitrogens with one attached hydrogen (secondary N) is 2. The van der Waals surface area contributed by atoms with E-state index < -0.39 is 117 Å². The van der Waals surface area contributed by atoms with Crippen molar-refractivity contribution in [3.63, 3.8) is 0 Å². The van der Waals surface area contributed by atoms with Crippen molar-refractivity contribution in [3.8, 4) is 0 Å². The molecule has 2 fully saturated rings. The molecule has 70 heavy (non-hydrogen) atoms. The van der Waals surface area contributed by atoms with Gasteiger partial charge < -0.3 is 75.5 Å².